The molecule has 0 saturated heterocycles. The molecule has 0 aliphatic carbocycles. The minimum absolute atomic E-state index is 0.0691. The third-order valence-electron chi connectivity index (χ3n) is 2.50. The lowest BCUT2D eigenvalue weighted by Gasteiger charge is -2.08. The lowest BCUT2D eigenvalue weighted by Crippen LogP contribution is -2.22. The molecule has 1 rings (SSSR count). The fourth-order valence-corrected chi connectivity index (χ4v) is 2.95. The van der Waals surface area contributed by atoms with Crippen molar-refractivity contribution in [2.24, 2.45) is 5.73 Å². The molecule has 4 nitrogen and oxygen atoms in total. The van der Waals surface area contributed by atoms with E-state index in [2.05, 4.69) is 0 Å². The van der Waals surface area contributed by atoms with E-state index in [1.54, 1.807) is 0 Å². The van der Waals surface area contributed by atoms with Crippen molar-refractivity contribution in [3.63, 3.8) is 0 Å². The Morgan fingerprint density at radius 1 is 1.22 bits per heavy atom. The van der Waals surface area contributed by atoms with E-state index in [4.69, 9.17) is 10.5 Å². The van der Waals surface area contributed by atoms with Gasteiger partial charge in [0.1, 0.15) is 5.75 Å². The van der Waals surface area contributed by atoms with Crippen molar-refractivity contribution < 1.29 is 13.2 Å². The average molecular weight is 271 g/mol. The van der Waals surface area contributed by atoms with Crippen molar-refractivity contribution in [3.05, 3.63) is 30.3 Å². The summed E-state index contributed by atoms with van der Waals surface area (Å²) in [5.41, 5.74) is 5.54. The second kappa shape index (κ2) is 7.38. The molecule has 102 valence electrons. The molecule has 0 bridgehead atoms. The highest BCUT2D eigenvalue weighted by atomic mass is 32.2. The molecule has 0 radical (unpaired) electrons. The molecule has 0 aliphatic rings. The minimum atomic E-state index is -2.99. The van der Waals surface area contributed by atoms with Gasteiger partial charge in [-0.3, -0.25) is 0 Å². The first-order valence-corrected chi connectivity index (χ1v) is 7.95. The summed E-state index contributed by atoms with van der Waals surface area (Å²) in [5.74, 6) is 1.09. The SMILES string of the molecule is CC(N)CCS(=O)(=O)CCCOc1ccccc1. The van der Waals surface area contributed by atoms with Gasteiger partial charge in [-0.05, 0) is 31.9 Å². The summed E-state index contributed by atoms with van der Waals surface area (Å²) in [4.78, 5) is 0. The van der Waals surface area contributed by atoms with Crippen LogP contribution in [0.3, 0.4) is 0 Å². The highest BCUT2D eigenvalue weighted by molar-refractivity contribution is 7.91. The normalized spacial score (nSPS) is 13.2. The molecule has 1 unspecified atom stereocenters. The average Bonchev–Trinajstić information content (AvgIpc) is 2.34. The molecular weight excluding hydrogens is 250 g/mol. The molecule has 1 aromatic rings. The molecule has 5 heteroatoms. The van der Waals surface area contributed by atoms with E-state index in [1.807, 2.05) is 37.3 Å². The molecule has 0 aromatic heterocycles. The zero-order valence-electron chi connectivity index (χ0n) is 10.7. The standard InChI is InChI=1S/C13H21NO3S/c1-12(14)8-11-18(15,16)10-5-9-17-13-6-3-2-4-7-13/h2-4,6-7,12H,5,8-11,14H2,1H3. The molecule has 0 heterocycles. The largest absolute Gasteiger partial charge is 0.494 e. The Labute approximate surface area is 109 Å². The first kappa shape index (κ1) is 15.0. The second-order valence-electron chi connectivity index (χ2n) is 4.43. The summed E-state index contributed by atoms with van der Waals surface area (Å²) in [5, 5.41) is 0. The van der Waals surface area contributed by atoms with Gasteiger partial charge in [0, 0.05) is 6.04 Å². The van der Waals surface area contributed by atoms with Gasteiger partial charge in [-0.1, -0.05) is 18.2 Å². The maximum atomic E-state index is 11.6. The van der Waals surface area contributed by atoms with Crippen molar-refractivity contribution in [1.29, 1.82) is 0 Å². The Morgan fingerprint density at radius 3 is 2.50 bits per heavy atom. The summed E-state index contributed by atoms with van der Waals surface area (Å²) in [6.07, 6.45) is 1.03. The van der Waals surface area contributed by atoms with E-state index in [0.717, 1.165) is 5.75 Å². The van der Waals surface area contributed by atoms with Crippen molar-refractivity contribution in [1.82, 2.24) is 0 Å². The summed E-state index contributed by atoms with van der Waals surface area (Å²) in [6, 6.07) is 9.31. The quantitative estimate of drug-likeness (QED) is 0.729. The highest BCUT2D eigenvalue weighted by Crippen LogP contribution is 2.08. The molecule has 2 N–H and O–H groups in total. The van der Waals surface area contributed by atoms with Gasteiger partial charge in [0.25, 0.3) is 0 Å². The van der Waals surface area contributed by atoms with Crippen LogP contribution in [0.4, 0.5) is 0 Å². The zero-order valence-corrected chi connectivity index (χ0v) is 11.5. The van der Waals surface area contributed by atoms with E-state index >= 15 is 0 Å². The molecule has 18 heavy (non-hydrogen) atoms. The van der Waals surface area contributed by atoms with E-state index in [9.17, 15) is 8.42 Å². The van der Waals surface area contributed by atoms with Crippen LogP contribution >= 0.6 is 0 Å². The summed E-state index contributed by atoms with van der Waals surface area (Å²) >= 11 is 0. The predicted molar refractivity (Wildman–Crippen MR) is 73.5 cm³/mol. The van der Waals surface area contributed by atoms with Crippen LogP contribution in [0.5, 0.6) is 5.75 Å². The van der Waals surface area contributed by atoms with E-state index < -0.39 is 9.84 Å². The lowest BCUT2D eigenvalue weighted by atomic mass is 10.3. The maximum absolute atomic E-state index is 11.6. The van der Waals surface area contributed by atoms with Crippen LogP contribution in [-0.2, 0) is 9.84 Å². The molecule has 1 atom stereocenters. The molecule has 0 saturated carbocycles. The van der Waals surface area contributed by atoms with Crippen LogP contribution in [0.2, 0.25) is 0 Å². The summed E-state index contributed by atoms with van der Waals surface area (Å²) in [7, 11) is -2.99. The number of nitrogens with two attached hydrogens (primary N) is 1. The molecular formula is C13H21NO3S. The van der Waals surface area contributed by atoms with Crippen LogP contribution in [-0.4, -0.2) is 32.6 Å². The van der Waals surface area contributed by atoms with Crippen LogP contribution in [0.1, 0.15) is 19.8 Å². The Hall–Kier alpha value is -1.07. The van der Waals surface area contributed by atoms with Crippen LogP contribution in [0.15, 0.2) is 30.3 Å². The van der Waals surface area contributed by atoms with Gasteiger partial charge in [-0.2, -0.15) is 0 Å². The highest BCUT2D eigenvalue weighted by Gasteiger charge is 2.11. The number of hydrogen-bond donors (Lipinski definition) is 1. The fraction of sp³-hybridized carbons (Fsp3) is 0.538. The van der Waals surface area contributed by atoms with Gasteiger partial charge in [0.05, 0.1) is 18.1 Å². The third kappa shape index (κ3) is 6.61. The van der Waals surface area contributed by atoms with E-state index in [1.165, 1.54) is 0 Å². The fourth-order valence-electron chi connectivity index (χ4n) is 1.45. The van der Waals surface area contributed by atoms with Crippen molar-refractivity contribution in [2.45, 2.75) is 25.8 Å². The summed E-state index contributed by atoms with van der Waals surface area (Å²) < 4.78 is 28.7. The Bertz CT molecular complexity index is 429. The number of para-hydroxylation sites is 1. The van der Waals surface area contributed by atoms with Crippen molar-refractivity contribution >= 4 is 9.84 Å². The first-order chi connectivity index (χ1) is 8.49. The molecule has 1 aromatic carbocycles. The zero-order chi connectivity index (χ0) is 13.4. The monoisotopic (exact) mass is 271 g/mol. The smallest absolute Gasteiger partial charge is 0.150 e. The number of benzene rings is 1. The van der Waals surface area contributed by atoms with E-state index in [0.29, 0.717) is 19.4 Å². The first-order valence-electron chi connectivity index (χ1n) is 6.13. The molecule has 0 spiro atoms. The lowest BCUT2D eigenvalue weighted by molar-refractivity contribution is 0.317. The minimum Gasteiger partial charge on any atom is -0.494 e. The van der Waals surface area contributed by atoms with E-state index in [-0.39, 0.29) is 17.5 Å². The van der Waals surface area contributed by atoms with Gasteiger partial charge in [-0.25, -0.2) is 8.42 Å². The van der Waals surface area contributed by atoms with Crippen LogP contribution < -0.4 is 10.5 Å². The predicted octanol–water partition coefficient (Wildman–Crippen LogP) is 1.61. The van der Waals surface area contributed by atoms with Gasteiger partial charge in [0.15, 0.2) is 9.84 Å². The molecule has 0 fully saturated rings. The van der Waals surface area contributed by atoms with Gasteiger partial charge >= 0.3 is 0 Å². The van der Waals surface area contributed by atoms with Crippen molar-refractivity contribution in [3.8, 4) is 5.75 Å². The number of sulfone groups is 1. The third-order valence-corrected chi connectivity index (χ3v) is 4.26. The topological polar surface area (TPSA) is 69.4 Å². The van der Waals surface area contributed by atoms with Crippen molar-refractivity contribution in [2.75, 3.05) is 18.1 Å². The maximum Gasteiger partial charge on any atom is 0.150 e. The molecule has 0 amide bonds. The Morgan fingerprint density at radius 2 is 1.89 bits per heavy atom. The number of ether oxygens (including phenoxy) is 1. The number of hydrogen-bond acceptors (Lipinski definition) is 4. The van der Waals surface area contributed by atoms with Crippen LogP contribution in [0.25, 0.3) is 0 Å². The second-order valence-corrected chi connectivity index (χ2v) is 6.74. The molecule has 0 aliphatic heterocycles. The van der Waals surface area contributed by atoms with Gasteiger partial charge in [-0.15, -0.1) is 0 Å². The van der Waals surface area contributed by atoms with Gasteiger partial charge in [0.2, 0.25) is 0 Å². The number of rotatable bonds is 8. The van der Waals surface area contributed by atoms with Crippen LogP contribution in [0, 0.1) is 0 Å². The summed E-state index contributed by atoms with van der Waals surface area (Å²) in [6.45, 7) is 2.23. The Kier molecular flexibility index (Phi) is 6.15. The Balaban J connectivity index is 2.21. The van der Waals surface area contributed by atoms with Gasteiger partial charge < -0.3 is 10.5 Å².